The van der Waals surface area contributed by atoms with E-state index in [1.54, 1.807) is 32.0 Å². The Bertz CT molecular complexity index is 1080. The van der Waals surface area contributed by atoms with Crippen molar-refractivity contribution in [2.75, 3.05) is 0 Å². The number of rotatable bonds is 7. The molecule has 0 aliphatic heterocycles. The van der Waals surface area contributed by atoms with Crippen LogP contribution in [0.2, 0.25) is 0 Å². The smallest absolute Gasteiger partial charge is 0.322 e. The first-order valence-electron chi connectivity index (χ1n) is 8.65. The highest BCUT2D eigenvalue weighted by Gasteiger charge is 2.27. The highest BCUT2D eigenvalue weighted by atomic mass is 79.9. The molecule has 5 N–H and O–H groups in total. The van der Waals surface area contributed by atoms with Crippen molar-refractivity contribution in [1.29, 1.82) is 0 Å². The fourth-order valence-corrected chi connectivity index (χ4v) is 3.33. The summed E-state index contributed by atoms with van der Waals surface area (Å²) in [5.74, 6) is -1.28. The third kappa shape index (κ3) is 3.97. The van der Waals surface area contributed by atoms with E-state index in [0.717, 1.165) is 9.27 Å². The Morgan fingerprint density at radius 2 is 2.10 bits per heavy atom. The van der Waals surface area contributed by atoms with Gasteiger partial charge in [-0.1, -0.05) is 28.1 Å². The maximum Gasteiger partial charge on any atom is 0.322 e. The van der Waals surface area contributed by atoms with Crippen LogP contribution in [0.5, 0.6) is 0 Å². The standard InChI is InChI=1S/C18H19BrN6O4/c1-8-13(16(27)10-4-3-5-11(19)6-10)12(7-26)21-15(8)17-22-24-25(23-17)9(2)14(20)18(28)29/h3-6,9,14,21,26H,7,20H2,1-2H3,(H,28,29). The molecule has 0 aliphatic carbocycles. The fraction of sp³-hybridized carbons (Fsp3) is 0.278. The second-order valence-corrected chi connectivity index (χ2v) is 7.43. The van der Waals surface area contributed by atoms with Gasteiger partial charge in [0, 0.05) is 15.6 Å². The number of nitrogens with two attached hydrogens (primary N) is 1. The van der Waals surface area contributed by atoms with E-state index in [1.807, 2.05) is 6.07 Å². The molecule has 11 heteroatoms. The van der Waals surface area contributed by atoms with Crippen molar-refractivity contribution in [3.05, 3.63) is 51.1 Å². The second-order valence-electron chi connectivity index (χ2n) is 6.51. The Hall–Kier alpha value is -2.89. The minimum Gasteiger partial charge on any atom is -0.480 e. The predicted octanol–water partition coefficient (Wildman–Crippen LogP) is 1.44. The maximum absolute atomic E-state index is 13.0. The van der Waals surface area contributed by atoms with Crippen molar-refractivity contribution in [3.8, 4) is 11.5 Å². The SMILES string of the molecule is Cc1c(-c2nnn(C(C)C(N)C(=O)O)n2)[nH]c(CO)c1C(=O)c1cccc(Br)c1. The lowest BCUT2D eigenvalue weighted by Gasteiger charge is -2.13. The van der Waals surface area contributed by atoms with Crippen molar-refractivity contribution < 1.29 is 19.8 Å². The number of carboxylic acids is 1. The maximum atomic E-state index is 13.0. The molecule has 0 saturated carbocycles. The lowest BCUT2D eigenvalue weighted by molar-refractivity contribution is -0.139. The molecule has 2 unspecified atom stereocenters. The highest BCUT2D eigenvalue weighted by molar-refractivity contribution is 9.10. The number of aromatic nitrogens is 5. The number of carbonyl (C=O) groups is 2. The Balaban J connectivity index is 2.01. The minimum absolute atomic E-state index is 0.162. The van der Waals surface area contributed by atoms with Crippen LogP contribution in [-0.2, 0) is 11.4 Å². The van der Waals surface area contributed by atoms with Gasteiger partial charge >= 0.3 is 5.97 Å². The number of tetrazole rings is 1. The Morgan fingerprint density at radius 1 is 1.38 bits per heavy atom. The summed E-state index contributed by atoms with van der Waals surface area (Å²) in [6.07, 6.45) is 0. The molecule has 2 atom stereocenters. The molecule has 0 spiro atoms. The second kappa shape index (κ2) is 8.23. The largest absolute Gasteiger partial charge is 0.480 e. The first kappa shape index (κ1) is 20.8. The van der Waals surface area contributed by atoms with Crippen LogP contribution in [0.25, 0.3) is 11.5 Å². The molecule has 0 fully saturated rings. The summed E-state index contributed by atoms with van der Waals surface area (Å²) >= 11 is 3.34. The number of H-pyrrole nitrogens is 1. The number of aliphatic hydroxyl groups is 1. The summed E-state index contributed by atoms with van der Waals surface area (Å²) in [6, 6.07) is 5.00. The molecule has 2 heterocycles. The summed E-state index contributed by atoms with van der Waals surface area (Å²) in [6.45, 7) is 2.89. The minimum atomic E-state index is -1.21. The molecule has 1 aromatic carbocycles. The molecule has 29 heavy (non-hydrogen) atoms. The van der Waals surface area contributed by atoms with E-state index in [-0.39, 0.29) is 18.2 Å². The van der Waals surface area contributed by atoms with Gasteiger partial charge in [-0.3, -0.25) is 9.59 Å². The van der Waals surface area contributed by atoms with Crippen LogP contribution >= 0.6 is 15.9 Å². The number of halogens is 1. The highest BCUT2D eigenvalue weighted by Crippen LogP contribution is 2.28. The van der Waals surface area contributed by atoms with Gasteiger partial charge in [0.2, 0.25) is 5.82 Å². The van der Waals surface area contributed by atoms with Crippen LogP contribution in [0, 0.1) is 6.92 Å². The van der Waals surface area contributed by atoms with Crippen LogP contribution in [0.1, 0.15) is 40.1 Å². The quantitative estimate of drug-likeness (QED) is 0.383. The number of ketones is 1. The van der Waals surface area contributed by atoms with Gasteiger partial charge in [-0.15, -0.1) is 10.2 Å². The van der Waals surface area contributed by atoms with E-state index < -0.39 is 18.1 Å². The predicted molar refractivity (Wildman–Crippen MR) is 106 cm³/mol. The summed E-state index contributed by atoms with van der Waals surface area (Å²) < 4.78 is 0.760. The monoisotopic (exact) mass is 462 g/mol. The van der Waals surface area contributed by atoms with Crippen LogP contribution < -0.4 is 5.73 Å². The molecule has 0 aliphatic rings. The van der Waals surface area contributed by atoms with E-state index in [9.17, 15) is 14.7 Å². The summed E-state index contributed by atoms with van der Waals surface area (Å²) in [7, 11) is 0. The van der Waals surface area contributed by atoms with Crippen molar-refractivity contribution in [2.45, 2.75) is 32.5 Å². The van der Waals surface area contributed by atoms with E-state index in [1.165, 1.54) is 0 Å². The molecule has 0 bridgehead atoms. The first-order valence-corrected chi connectivity index (χ1v) is 9.44. The van der Waals surface area contributed by atoms with Crippen LogP contribution in [0.15, 0.2) is 28.7 Å². The summed E-state index contributed by atoms with van der Waals surface area (Å²) in [5.41, 5.74) is 7.69. The van der Waals surface area contributed by atoms with Gasteiger partial charge in [0.1, 0.15) is 6.04 Å². The Kier molecular flexibility index (Phi) is 5.91. The lowest BCUT2D eigenvalue weighted by Crippen LogP contribution is -2.38. The number of aliphatic carboxylic acids is 1. The molecule has 10 nitrogen and oxygen atoms in total. The zero-order valence-corrected chi connectivity index (χ0v) is 17.2. The number of aliphatic hydroxyl groups excluding tert-OH is 1. The van der Waals surface area contributed by atoms with Crippen molar-refractivity contribution in [3.63, 3.8) is 0 Å². The molecule has 2 aromatic heterocycles. The lowest BCUT2D eigenvalue weighted by atomic mass is 9.99. The number of carbonyl (C=O) groups excluding carboxylic acids is 1. The van der Waals surface area contributed by atoms with Gasteiger partial charge in [0.25, 0.3) is 0 Å². The van der Waals surface area contributed by atoms with Crippen molar-refractivity contribution in [2.24, 2.45) is 5.73 Å². The van der Waals surface area contributed by atoms with Crippen molar-refractivity contribution >= 4 is 27.7 Å². The molecule has 0 saturated heterocycles. The van der Waals surface area contributed by atoms with E-state index in [4.69, 9.17) is 10.8 Å². The topological polar surface area (TPSA) is 160 Å². The van der Waals surface area contributed by atoms with Crippen molar-refractivity contribution in [1.82, 2.24) is 25.2 Å². The zero-order valence-electron chi connectivity index (χ0n) is 15.6. The molecule has 0 amide bonds. The number of hydrogen-bond acceptors (Lipinski definition) is 7. The summed E-state index contributed by atoms with van der Waals surface area (Å²) in [5, 5.41) is 30.8. The van der Waals surface area contributed by atoms with E-state index in [2.05, 4.69) is 36.3 Å². The summed E-state index contributed by atoms with van der Waals surface area (Å²) in [4.78, 5) is 28.2. The van der Waals surface area contributed by atoms with Gasteiger partial charge in [0.15, 0.2) is 5.78 Å². The first-order chi connectivity index (χ1) is 13.7. The van der Waals surface area contributed by atoms with Gasteiger partial charge in [-0.05, 0) is 36.8 Å². The molecule has 152 valence electrons. The third-order valence-corrected chi connectivity index (χ3v) is 5.11. The van der Waals surface area contributed by atoms with Gasteiger partial charge in [0.05, 0.1) is 24.0 Å². The average molecular weight is 463 g/mol. The molecule has 0 radical (unpaired) electrons. The van der Waals surface area contributed by atoms with Crippen LogP contribution in [0.3, 0.4) is 0 Å². The molecular formula is C18H19BrN6O4. The van der Waals surface area contributed by atoms with E-state index >= 15 is 0 Å². The number of hydrogen-bond donors (Lipinski definition) is 4. The number of nitrogens with zero attached hydrogens (tertiary/aromatic N) is 4. The number of aromatic amines is 1. The van der Waals surface area contributed by atoms with Gasteiger partial charge in [-0.2, -0.15) is 4.80 Å². The third-order valence-electron chi connectivity index (χ3n) is 4.62. The fourth-order valence-electron chi connectivity index (χ4n) is 2.93. The average Bonchev–Trinajstić information content (AvgIpc) is 3.30. The Labute approximate surface area is 173 Å². The Morgan fingerprint density at radius 3 is 2.72 bits per heavy atom. The normalized spacial score (nSPS) is 13.3. The van der Waals surface area contributed by atoms with Gasteiger partial charge in [-0.25, -0.2) is 0 Å². The van der Waals surface area contributed by atoms with Crippen LogP contribution in [0.4, 0.5) is 0 Å². The zero-order chi connectivity index (χ0) is 21.3. The molecule has 3 aromatic rings. The van der Waals surface area contributed by atoms with Gasteiger partial charge < -0.3 is 20.9 Å². The number of carboxylic acid groups (broad SMARTS) is 1. The van der Waals surface area contributed by atoms with Crippen LogP contribution in [-0.4, -0.2) is 53.2 Å². The molecular weight excluding hydrogens is 444 g/mol. The number of nitrogens with one attached hydrogen (secondary N) is 1. The number of benzene rings is 1. The molecule has 3 rings (SSSR count). The van der Waals surface area contributed by atoms with E-state index in [0.29, 0.717) is 28.1 Å².